The molecule has 6 nitrogen and oxygen atoms in total. The summed E-state index contributed by atoms with van der Waals surface area (Å²) in [5, 5.41) is 3.78. The molecular weight excluding hydrogens is 414 g/mol. The Balaban J connectivity index is 1.83. The van der Waals surface area contributed by atoms with Crippen LogP contribution in [0.2, 0.25) is 0 Å². The first-order valence-corrected chi connectivity index (χ1v) is 9.03. The molecule has 3 rings (SSSR count). The van der Waals surface area contributed by atoms with Crippen molar-refractivity contribution in [2.24, 2.45) is 0 Å². The highest BCUT2D eigenvalue weighted by molar-refractivity contribution is 9.10. The molecule has 142 valence electrons. The van der Waals surface area contributed by atoms with Gasteiger partial charge in [-0.25, -0.2) is 0 Å². The first-order chi connectivity index (χ1) is 13.0. The van der Waals surface area contributed by atoms with E-state index in [1.807, 2.05) is 25.1 Å². The van der Waals surface area contributed by atoms with E-state index < -0.39 is 0 Å². The number of amides is 1. The zero-order valence-electron chi connectivity index (χ0n) is 15.5. The highest BCUT2D eigenvalue weighted by Gasteiger charge is 2.19. The summed E-state index contributed by atoms with van der Waals surface area (Å²) >= 11 is 3.44. The van der Waals surface area contributed by atoms with E-state index in [9.17, 15) is 4.79 Å². The van der Waals surface area contributed by atoms with Crippen LogP contribution in [0, 0.1) is 6.92 Å². The van der Waals surface area contributed by atoms with Crippen molar-refractivity contribution in [3.05, 3.63) is 51.7 Å². The number of furan rings is 1. The van der Waals surface area contributed by atoms with E-state index in [0.717, 1.165) is 21.0 Å². The Morgan fingerprint density at radius 2 is 1.74 bits per heavy atom. The number of fused-ring (bicyclic) bond motifs is 1. The minimum absolute atomic E-state index is 0.284. The molecule has 0 saturated carbocycles. The Kier molecular flexibility index (Phi) is 5.60. The van der Waals surface area contributed by atoms with Crippen molar-refractivity contribution in [2.75, 3.05) is 21.3 Å². The first kappa shape index (κ1) is 19.1. The third-order valence-electron chi connectivity index (χ3n) is 4.28. The third-order valence-corrected chi connectivity index (χ3v) is 4.78. The van der Waals surface area contributed by atoms with Gasteiger partial charge in [-0.1, -0.05) is 15.9 Å². The Morgan fingerprint density at radius 1 is 1.07 bits per heavy atom. The Morgan fingerprint density at radius 3 is 2.33 bits per heavy atom. The van der Waals surface area contributed by atoms with E-state index in [1.54, 1.807) is 33.5 Å². The highest BCUT2D eigenvalue weighted by atomic mass is 79.9. The number of halogens is 1. The maximum Gasteiger partial charge on any atom is 0.287 e. The van der Waals surface area contributed by atoms with Gasteiger partial charge in [0.05, 0.1) is 21.3 Å². The standard InChI is InChI=1S/C20H20BrNO5/c1-11-14-9-13(21)5-6-15(14)27-18(11)20(23)22-10-12-7-16(24-2)19(26-4)17(8-12)25-3/h5-9H,10H2,1-4H3,(H,22,23). The number of carbonyl (C=O) groups is 1. The fraction of sp³-hybridized carbons (Fsp3) is 0.250. The number of hydrogen-bond donors (Lipinski definition) is 1. The van der Waals surface area contributed by atoms with Crippen molar-refractivity contribution in [3.63, 3.8) is 0 Å². The zero-order valence-corrected chi connectivity index (χ0v) is 17.1. The average molecular weight is 434 g/mol. The predicted octanol–water partition coefficient (Wildman–Crippen LogP) is 4.46. The summed E-state index contributed by atoms with van der Waals surface area (Å²) in [5.74, 6) is 1.59. The smallest absolute Gasteiger partial charge is 0.287 e. The number of nitrogens with one attached hydrogen (secondary N) is 1. The molecule has 1 N–H and O–H groups in total. The fourth-order valence-electron chi connectivity index (χ4n) is 2.91. The largest absolute Gasteiger partial charge is 0.493 e. The minimum Gasteiger partial charge on any atom is -0.493 e. The van der Waals surface area contributed by atoms with Crippen molar-refractivity contribution in [1.29, 1.82) is 0 Å². The van der Waals surface area contributed by atoms with Gasteiger partial charge in [0.15, 0.2) is 17.3 Å². The molecule has 0 aliphatic rings. The number of rotatable bonds is 6. The van der Waals surface area contributed by atoms with E-state index in [2.05, 4.69) is 21.2 Å². The first-order valence-electron chi connectivity index (χ1n) is 8.24. The zero-order chi connectivity index (χ0) is 19.6. The van der Waals surface area contributed by atoms with E-state index in [4.69, 9.17) is 18.6 Å². The van der Waals surface area contributed by atoms with Gasteiger partial charge in [0, 0.05) is 22.0 Å². The Labute approximate surface area is 165 Å². The molecule has 0 fully saturated rings. The lowest BCUT2D eigenvalue weighted by Gasteiger charge is -2.14. The van der Waals surface area contributed by atoms with E-state index in [0.29, 0.717) is 28.6 Å². The number of carbonyl (C=O) groups excluding carboxylic acids is 1. The second-order valence-corrected chi connectivity index (χ2v) is 6.83. The van der Waals surface area contributed by atoms with Crippen LogP contribution < -0.4 is 19.5 Å². The van der Waals surface area contributed by atoms with Crippen LogP contribution in [0.15, 0.2) is 39.2 Å². The average Bonchev–Trinajstić information content (AvgIpc) is 3.01. The topological polar surface area (TPSA) is 69.9 Å². The summed E-state index contributed by atoms with van der Waals surface area (Å²) in [5.41, 5.74) is 2.29. The van der Waals surface area contributed by atoms with E-state index in [1.165, 1.54) is 0 Å². The van der Waals surface area contributed by atoms with Gasteiger partial charge >= 0.3 is 0 Å². The summed E-state index contributed by atoms with van der Waals surface area (Å²) < 4.78 is 22.7. The van der Waals surface area contributed by atoms with Gasteiger partial charge in [0.1, 0.15) is 5.58 Å². The summed E-state index contributed by atoms with van der Waals surface area (Å²) in [7, 11) is 4.65. The molecule has 0 unspecified atom stereocenters. The van der Waals surface area contributed by atoms with Crippen LogP contribution in [0.3, 0.4) is 0 Å². The second kappa shape index (κ2) is 7.92. The number of hydrogen-bond acceptors (Lipinski definition) is 5. The van der Waals surface area contributed by atoms with Crippen molar-refractivity contribution >= 4 is 32.8 Å². The van der Waals surface area contributed by atoms with Crippen LogP contribution in [-0.4, -0.2) is 27.2 Å². The third kappa shape index (κ3) is 3.73. The maximum atomic E-state index is 12.6. The molecule has 0 aliphatic carbocycles. The van der Waals surface area contributed by atoms with E-state index in [-0.39, 0.29) is 12.5 Å². The van der Waals surface area contributed by atoms with Gasteiger partial charge in [0.2, 0.25) is 5.75 Å². The normalized spacial score (nSPS) is 10.7. The molecule has 1 heterocycles. The van der Waals surface area contributed by atoms with Crippen LogP contribution in [-0.2, 0) is 6.54 Å². The SMILES string of the molecule is COc1cc(CNC(=O)c2oc3ccc(Br)cc3c2C)cc(OC)c1OC. The van der Waals surface area contributed by atoms with Gasteiger partial charge < -0.3 is 23.9 Å². The molecular formula is C20H20BrNO5. The summed E-state index contributed by atoms with van der Waals surface area (Å²) in [6.07, 6.45) is 0. The highest BCUT2D eigenvalue weighted by Crippen LogP contribution is 2.38. The molecule has 1 amide bonds. The Bertz CT molecular complexity index is 970. The number of aryl methyl sites for hydroxylation is 1. The number of ether oxygens (including phenoxy) is 3. The Hall–Kier alpha value is -2.67. The molecule has 0 radical (unpaired) electrons. The van der Waals surface area contributed by atoms with Crippen LogP contribution in [0.5, 0.6) is 17.2 Å². The molecule has 0 saturated heterocycles. The summed E-state index contributed by atoms with van der Waals surface area (Å²) in [6, 6.07) is 9.24. The van der Waals surface area contributed by atoms with Crippen LogP contribution in [0.25, 0.3) is 11.0 Å². The van der Waals surface area contributed by atoms with Crippen molar-refractivity contribution < 1.29 is 23.4 Å². The van der Waals surface area contributed by atoms with Crippen molar-refractivity contribution in [3.8, 4) is 17.2 Å². The van der Waals surface area contributed by atoms with Gasteiger partial charge in [-0.05, 0) is 42.8 Å². The number of methoxy groups -OCH3 is 3. The molecule has 0 atom stereocenters. The minimum atomic E-state index is -0.284. The fourth-order valence-corrected chi connectivity index (χ4v) is 3.27. The van der Waals surface area contributed by atoms with Crippen LogP contribution in [0.4, 0.5) is 0 Å². The molecule has 2 aromatic carbocycles. The number of benzene rings is 2. The summed E-state index contributed by atoms with van der Waals surface area (Å²) in [6.45, 7) is 2.16. The van der Waals surface area contributed by atoms with Crippen molar-refractivity contribution in [2.45, 2.75) is 13.5 Å². The molecule has 7 heteroatoms. The lowest BCUT2D eigenvalue weighted by molar-refractivity contribution is 0.0924. The molecule has 27 heavy (non-hydrogen) atoms. The second-order valence-electron chi connectivity index (χ2n) is 5.91. The molecule has 0 bridgehead atoms. The summed E-state index contributed by atoms with van der Waals surface area (Å²) in [4.78, 5) is 12.6. The van der Waals surface area contributed by atoms with Gasteiger partial charge in [0.25, 0.3) is 5.91 Å². The lowest BCUT2D eigenvalue weighted by atomic mass is 10.1. The maximum absolute atomic E-state index is 12.6. The van der Waals surface area contributed by atoms with Crippen molar-refractivity contribution in [1.82, 2.24) is 5.32 Å². The van der Waals surface area contributed by atoms with Crippen LogP contribution in [0.1, 0.15) is 21.7 Å². The molecule has 1 aromatic heterocycles. The molecule has 0 spiro atoms. The molecule has 3 aromatic rings. The van der Waals surface area contributed by atoms with Gasteiger partial charge in [-0.2, -0.15) is 0 Å². The van der Waals surface area contributed by atoms with Gasteiger partial charge in [-0.3, -0.25) is 4.79 Å². The van der Waals surface area contributed by atoms with Gasteiger partial charge in [-0.15, -0.1) is 0 Å². The molecule has 0 aliphatic heterocycles. The van der Waals surface area contributed by atoms with Crippen LogP contribution >= 0.6 is 15.9 Å². The lowest BCUT2D eigenvalue weighted by Crippen LogP contribution is -2.23. The quantitative estimate of drug-likeness (QED) is 0.621. The predicted molar refractivity (Wildman–Crippen MR) is 106 cm³/mol. The van der Waals surface area contributed by atoms with E-state index >= 15 is 0 Å². The monoisotopic (exact) mass is 433 g/mol.